The van der Waals surface area contributed by atoms with Crippen LogP contribution in [0.1, 0.15) is 39.2 Å². The summed E-state index contributed by atoms with van der Waals surface area (Å²) in [5.41, 5.74) is 6.01. The Morgan fingerprint density at radius 3 is 2.06 bits per heavy atom. The molecule has 0 unspecified atom stereocenters. The quantitative estimate of drug-likeness (QED) is 0.830. The molecule has 1 rings (SSSR count). The van der Waals surface area contributed by atoms with Gasteiger partial charge in [0.2, 0.25) is 10.0 Å². The van der Waals surface area contributed by atoms with Crippen LogP contribution in [-0.2, 0) is 16.6 Å². The highest BCUT2D eigenvalue weighted by atomic mass is 32.2. The fourth-order valence-corrected chi connectivity index (χ4v) is 3.13. The molecular weight excluding hydrogens is 248 g/mol. The normalized spacial score (nSPS) is 12.7. The van der Waals surface area contributed by atoms with Gasteiger partial charge in [0.25, 0.3) is 0 Å². The summed E-state index contributed by atoms with van der Waals surface area (Å²) < 4.78 is 27.2. The van der Waals surface area contributed by atoms with Crippen molar-refractivity contribution in [3.8, 4) is 0 Å². The van der Waals surface area contributed by atoms with Crippen molar-refractivity contribution in [3.05, 3.63) is 29.8 Å². The van der Waals surface area contributed by atoms with Crippen LogP contribution in [0.5, 0.6) is 0 Å². The van der Waals surface area contributed by atoms with E-state index in [0.29, 0.717) is 6.54 Å². The lowest BCUT2D eigenvalue weighted by atomic mass is 9.98. The number of sulfonamides is 1. The second-order valence-electron chi connectivity index (χ2n) is 4.72. The summed E-state index contributed by atoms with van der Waals surface area (Å²) in [5.74, 6) is 0. The molecule has 0 radical (unpaired) electrons. The van der Waals surface area contributed by atoms with E-state index < -0.39 is 15.6 Å². The van der Waals surface area contributed by atoms with Gasteiger partial charge in [0.05, 0.1) is 4.90 Å². The molecule has 3 N–H and O–H groups in total. The van der Waals surface area contributed by atoms with E-state index in [2.05, 4.69) is 4.72 Å². The monoisotopic (exact) mass is 270 g/mol. The zero-order valence-electron chi connectivity index (χ0n) is 11.2. The van der Waals surface area contributed by atoms with E-state index in [1.807, 2.05) is 20.8 Å². The molecular formula is C13H22N2O2S. The smallest absolute Gasteiger partial charge is 0.241 e. The number of nitrogens with one attached hydrogen (secondary N) is 1. The minimum atomic E-state index is -3.46. The first-order chi connectivity index (χ1) is 8.37. The van der Waals surface area contributed by atoms with Crippen LogP contribution in [0.15, 0.2) is 29.2 Å². The average molecular weight is 270 g/mol. The molecule has 0 aliphatic heterocycles. The van der Waals surface area contributed by atoms with Gasteiger partial charge in [-0.25, -0.2) is 13.1 Å². The Morgan fingerprint density at radius 2 is 1.67 bits per heavy atom. The Balaban J connectivity index is 2.99. The first-order valence-electron chi connectivity index (χ1n) is 6.20. The van der Waals surface area contributed by atoms with Gasteiger partial charge in [0.1, 0.15) is 0 Å². The highest BCUT2D eigenvalue weighted by Gasteiger charge is 2.27. The molecule has 0 amide bonds. The molecule has 0 fully saturated rings. The summed E-state index contributed by atoms with van der Waals surface area (Å²) in [6.45, 7) is 6.28. The molecule has 0 spiro atoms. The van der Waals surface area contributed by atoms with Crippen LogP contribution in [0.3, 0.4) is 0 Å². The van der Waals surface area contributed by atoms with Crippen LogP contribution >= 0.6 is 0 Å². The lowest BCUT2D eigenvalue weighted by Crippen LogP contribution is -2.44. The molecule has 0 bridgehead atoms. The predicted octanol–water partition coefficient (Wildman–Crippen LogP) is 2.00. The van der Waals surface area contributed by atoms with Gasteiger partial charge >= 0.3 is 0 Å². The van der Waals surface area contributed by atoms with Gasteiger partial charge < -0.3 is 5.73 Å². The van der Waals surface area contributed by atoms with Crippen LogP contribution in [0, 0.1) is 0 Å². The number of rotatable bonds is 6. The number of hydrogen-bond acceptors (Lipinski definition) is 3. The van der Waals surface area contributed by atoms with E-state index in [-0.39, 0.29) is 4.90 Å². The molecule has 102 valence electrons. The van der Waals surface area contributed by atoms with E-state index >= 15 is 0 Å². The van der Waals surface area contributed by atoms with Crippen molar-refractivity contribution in [2.45, 2.75) is 50.6 Å². The van der Waals surface area contributed by atoms with E-state index in [9.17, 15) is 8.42 Å². The van der Waals surface area contributed by atoms with Crippen molar-refractivity contribution in [2.24, 2.45) is 5.73 Å². The molecule has 0 saturated heterocycles. The fraction of sp³-hybridized carbons (Fsp3) is 0.538. The molecule has 18 heavy (non-hydrogen) atoms. The molecule has 0 aliphatic rings. The fourth-order valence-electron chi connectivity index (χ4n) is 1.58. The molecule has 0 aliphatic carbocycles. The maximum absolute atomic E-state index is 12.2. The average Bonchev–Trinajstić information content (AvgIpc) is 2.38. The molecule has 1 aromatic carbocycles. The zero-order chi connectivity index (χ0) is 13.8. The zero-order valence-corrected chi connectivity index (χ0v) is 12.0. The summed E-state index contributed by atoms with van der Waals surface area (Å²) >= 11 is 0. The van der Waals surface area contributed by atoms with Gasteiger partial charge in [-0.2, -0.15) is 0 Å². The molecule has 0 heterocycles. The maximum Gasteiger partial charge on any atom is 0.241 e. The van der Waals surface area contributed by atoms with E-state index in [4.69, 9.17) is 5.73 Å². The minimum Gasteiger partial charge on any atom is -0.326 e. The molecule has 0 aromatic heterocycles. The van der Waals surface area contributed by atoms with Crippen molar-refractivity contribution < 1.29 is 8.42 Å². The summed E-state index contributed by atoms with van der Waals surface area (Å²) in [4.78, 5) is 0.285. The summed E-state index contributed by atoms with van der Waals surface area (Å²) in [6, 6.07) is 6.67. The Labute approximate surface area is 110 Å². The van der Waals surface area contributed by atoms with Crippen molar-refractivity contribution >= 4 is 10.0 Å². The first-order valence-corrected chi connectivity index (χ1v) is 7.68. The topological polar surface area (TPSA) is 72.2 Å². The standard InChI is InChI=1S/C13H22N2O2S/c1-4-13(3,5-2)15-18(16,17)12-8-6-11(10-14)7-9-12/h6-9,15H,4-5,10,14H2,1-3H3. The molecule has 4 nitrogen and oxygen atoms in total. The summed E-state index contributed by atoms with van der Waals surface area (Å²) in [7, 11) is -3.46. The Kier molecular flexibility index (Phi) is 4.90. The number of benzene rings is 1. The molecule has 1 aromatic rings. The third kappa shape index (κ3) is 3.54. The van der Waals surface area contributed by atoms with Crippen LogP contribution < -0.4 is 10.5 Å². The van der Waals surface area contributed by atoms with Crippen molar-refractivity contribution in [3.63, 3.8) is 0 Å². The largest absolute Gasteiger partial charge is 0.326 e. The van der Waals surface area contributed by atoms with Gasteiger partial charge in [-0.1, -0.05) is 26.0 Å². The summed E-state index contributed by atoms with van der Waals surface area (Å²) in [5, 5.41) is 0. The van der Waals surface area contributed by atoms with Gasteiger partial charge in [-0.3, -0.25) is 0 Å². The van der Waals surface area contributed by atoms with Gasteiger partial charge in [0.15, 0.2) is 0 Å². The highest BCUT2D eigenvalue weighted by Crippen LogP contribution is 2.19. The Morgan fingerprint density at radius 1 is 1.17 bits per heavy atom. The lowest BCUT2D eigenvalue weighted by Gasteiger charge is -2.27. The molecule has 5 heteroatoms. The van der Waals surface area contributed by atoms with Crippen LogP contribution in [0.2, 0.25) is 0 Å². The second-order valence-corrected chi connectivity index (χ2v) is 6.40. The third-order valence-electron chi connectivity index (χ3n) is 3.41. The van der Waals surface area contributed by atoms with Crippen LogP contribution in [-0.4, -0.2) is 14.0 Å². The number of nitrogens with two attached hydrogens (primary N) is 1. The highest BCUT2D eigenvalue weighted by molar-refractivity contribution is 7.89. The van der Waals surface area contributed by atoms with Crippen molar-refractivity contribution in [2.75, 3.05) is 0 Å². The van der Waals surface area contributed by atoms with E-state index in [1.165, 1.54) is 0 Å². The molecule has 0 saturated carbocycles. The van der Waals surface area contributed by atoms with Crippen LogP contribution in [0.4, 0.5) is 0 Å². The number of hydrogen-bond donors (Lipinski definition) is 2. The first kappa shape index (κ1) is 15.1. The van der Waals surface area contributed by atoms with Gasteiger partial charge in [-0.15, -0.1) is 0 Å². The van der Waals surface area contributed by atoms with Crippen molar-refractivity contribution in [1.82, 2.24) is 4.72 Å². The maximum atomic E-state index is 12.2. The van der Waals surface area contributed by atoms with Crippen LogP contribution in [0.25, 0.3) is 0 Å². The SMILES string of the molecule is CCC(C)(CC)NS(=O)(=O)c1ccc(CN)cc1. The van der Waals surface area contributed by atoms with Gasteiger partial charge in [0, 0.05) is 12.1 Å². The molecule has 0 atom stereocenters. The summed E-state index contributed by atoms with van der Waals surface area (Å²) in [6.07, 6.45) is 1.51. The second kappa shape index (κ2) is 5.82. The van der Waals surface area contributed by atoms with Gasteiger partial charge in [-0.05, 0) is 37.5 Å². The van der Waals surface area contributed by atoms with Crippen molar-refractivity contribution in [1.29, 1.82) is 0 Å². The predicted molar refractivity (Wildman–Crippen MR) is 73.6 cm³/mol. The minimum absolute atomic E-state index is 0.285. The lowest BCUT2D eigenvalue weighted by molar-refractivity contribution is 0.388. The van der Waals surface area contributed by atoms with E-state index in [1.54, 1.807) is 24.3 Å². The van der Waals surface area contributed by atoms with E-state index in [0.717, 1.165) is 18.4 Å². The Bertz CT molecular complexity index is 476. The Hall–Kier alpha value is -0.910. The third-order valence-corrected chi connectivity index (χ3v) is 5.07.